The van der Waals surface area contributed by atoms with E-state index in [1.807, 2.05) is 0 Å². The van der Waals surface area contributed by atoms with Gasteiger partial charge in [-0.1, -0.05) is 17.7 Å². The number of benzene rings is 1. The minimum Gasteiger partial charge on any atom is -0.465 e. The second-order valence-electron chi connectivity index (χ2n) is 4.93. The SMILES string of the molecule is CCOC(=O)[C@H](N)CS[C@H]1CC(=O)N(c2cccc(Cl)c2)C1=O. The summed E-state index contributed by atoms with van der Waals surface area (Å²) in [5.41, 5.74) is 6.15. The van der Waals surface area contributed by atoms with Crippen molar-refractivity contribution in [1.82, 2.24) is 0 Å². The molecule has 1 heterocycles. The molecule has 1 aromatic rings. The van der Waals surface area contributed by atoms with Crippen molar-refractivity contribution in [2.24, 2.45) is 5.73 Å². The molecule has 0 bridgehead atoms. The van der Waals surface area contributed by atoms with Crippen LogP contribution in [0.1, 0.15) is 13.3 Å². The number of nitrogens with zero attached hydrogens (tertiary/aromatic N) is 1. The van der Waals surface area contributed by atoms with Gasteiger partial charge in [-0.2, -0.15) is 0 Å². The molecule has 2 amide bonds. The van der Waals surface area contributed by atoms with Crippen molar-refractivity contribution in [2.45, 2.75) is 24.6 Å². The van der Waals surface area contributed by atoms with E-state index in [-0.39, 0.29) is 30.6 Å². The highest BCUT2D eigenvalue weighted by atomic mass is 35.5. The summed E-state index contributed by atoms with van der Waals surface area (Å²) in [6.07, 6.45) is 0.0750. The molecule has 1 saturated heterocycles. The van der Waals surface area contributed by atoms with Crippen LogP contribution in [0, 0.1) is 0 Å². The lowest BCUT2D eigenvalue weighted by Gasteiger charge is -2.16. The summed E-state index contributed by atoms with van der Waals surface area (Å²) in [5, 5.41) is -0.106. The molecule has 0 unspecified atom stereocenters. The minimum atomic E-state index is -0.817. The van der Waals surface area contributed by atoms with Crippen molar-refractivity contribution < 1.29 is 19.1 Å². The molecule has 1 aliphatic heterocycles. The summed E-state index contributed by atoms with van der Waals surface area (Å²) in [4.78, 5) is 37.1. The first-order chi connectivity index (χ1) is 10.9. The predicted molar refractivity (Wildman–Crippen MR) is 89.4 cm³/mol. The van der Waals surface area contributed by atoms with Crippen LogP contribution in [0.15, 0.2) is 24.3 Å². The molecule has 0 aromatic heterocycles. The van der Waals surface area contributed by atoms with Gasteiger partial charge < -0.3 is 10.5 Å². The first-order valence-corrected chi connectivity index (χ1v) is 8.53. The van der Waals surface area contributed by atoms with Crippen molar-refractivity contribution in [3.05, 3.63) is 29.3 Å². The Kier molecular flexibility index (Phi) is 6.04. The highest BCUT2D eigenvalue weighted by molar-refractivity contribution is 8.00. The predicted octanol–water partition coefficient (Wildman–Crippen LogP) is 1.60. The van der Waals surface area contributed by atoms with Crippen molar-refractivity contribution >= 4 is 46.8 Å². The molecule has 0 saturated carbocycles. The molecule has 2 rings (SSSR count). The van der Waals surface area contributed by atoms with Crippen LogP contribution < -0.4 is 10.6 Å². The second kappa shape index (κ2) is 7.81. The number of imide groups is 1. The Bertz CT molecular complexity index is 625. The molecule has 1 aliphatic rings. The van der Waals surface area contributed by atoms with Crippen LogP contribution in [-0.2, 0) is 19.1 Å². The van der Waals surface area contributed by atoms with Gasteiger partial charge in [0.25, 0.3) is 0 Å². The van der Waals surface area contributed by atoms with Gasteiger partial charge in [0.05, 0.1) is 17.5 Å². The van der Waals surface area contributed by atoms with Gasteiger partial charge in [0.2, 0.25) is 11.8 Å². The molecule has 1 fully saturated rings. The quantitative estimate of drug-likeness (QED) is 0.615. The van der Waals surface area contributed by atoms with Gasteiger partial charge >= 0.3 is 5.97 Å². The topological polar surface area (TPSA) is 89.7 Å². The Balaban J connectivity index is 2.00. The molecular formula is C15H17ClN2O4S. The molecule has 0 radical (unpaired) electrons. The van der Waals surface area contributed by atoms with Gasteiger partial charge in [-0.15, -0.1) is 11.8 Å². The van der Waals surface area contributed by atoms with Crippen LogP contribution in [0.2, 0.25) is 5.02 Å². The van der Waals surface area contributed by atoms with Crippen molar-refractivity contribution in [3.63, 3.8) is 0 Å². The van der Waals surface area contributed by atoms with E-state index >= 15 is 0 Å². The number of thioether (sulfide) groups is 1. The van der Waals surface area contributed by atoms with Gasteiger partial charge in [0, 0.05) is 17.2 Å². The molecule has 23 heavy (non-hydrogen) atoms. The van der Waals surface area contributed by atoms with Crippen LogP contribution in [0.3, 0.4) is 0 Å². The van der Waals surface area contributed by atoms with Crippen LogP contribution >= 0.6 is 23.4 Å². The number of carbonyl (C=O) groups is 3. The third-order valence-electron chi connectivity index (χ3n) is 3.24. The lowest BCUT2D eigenvalue weighted by atomic mass is 10.3. The van der Waals surface area contributed by atoms with Crippen LogP contribution in [-0.4, -0.2) is 41.4 Å². The maximum Gasteiger partial charge on any atom is 0.323 e. The van der Waals surface area contributed by atoms with E-state index in [1.165, 1.54) is 11.8 Å². The molecule has 2 atom stereocenters. The maximum absolute atomic E-state index is 12.4. The second-order valence-corrected chi connectivity index (χ2v) is 6.60. The molecule has 6 nitrogen and oxygen atoms in total. The van der Waals surface area contributed by atoms with E-state index in [2.05, 4.69) is 0 Å². The summed E-state index contributed by atoms with van der Waals surface area (Å²) in [5.74, 6) is -0.910. The van der Waals surface area contributed by atoms with Crippen molar-refractivity contribution in [1.29, 1.82) is 0 Å². The third-order valence-corrected chi connectivity index (χ3v) is 4.80. The van der Waals surface area contributed by atoms with Crippen LogP contribution in [0.4, 0.5) is 5.69 Å². The number of ether oxygens (including phenoxy) is 1. The first-order valence-electron chi connectivity index (χ1n) is 7.10. The Labute approximate surface area is 143 Å². The first kappa shape index (κ1) is 17.8. The van der Waals surface area contributed by atoms with Gasteiger partial charge in [0.1, 0.15) is 6.04 Å². The van der Waals surface area contributed by atoms with E-state index in [9.17, 15) is 14.4 Å². The van der Waals surface area contributed by atoms with Gasteiger partial charge in [0.15, 0.2) is 0 Å². The van der Waals surface area contributed by atoms with Gasteiger partial charge in [-0.05, 0) is 25.1 Å². The Morgan fingerprint density at radius 1 is 1.52 bits per heavy atom. The number of carbonyl (C=O) groups excluding carboxylic acids is 3. The van der Waals surface area contributed by atoms with Crippen LogP contribution in [0.5, 0.6) is 0 Å². The zero-order valence-electron chi connectivity index (χ0n) is 12.5. The summed E-state index contributed by atoms with van der Waals surface area (Å²) in [6, 6.07) is 5.74. The summed E-state index contributed by atoms with van der Waals surface area (Å²) < 4.78 is 4.82. The fourth-order valence-corrected chi connectivity index (χ4v) is 3.43. The number of rotatable bonds is 6. The average Bonchev–Trinajstić information content (AvgIpc) is 2.79. The zero-order valence-corrected chi connectivity index (χ0v) is 14.1. The zero-order chi connectivity index (χ0) is 17.0. The lowest BCUT2D eigenvalue weighted by molar-refractivity contribution is -0.144. The number of hydrogen-bond acceptors (Lipinski definition) is 6. The molecule has 8 heteroatoms. The highest BCUT2D eigenvalue weighted by Gasteiger charge is 2.40. The minimum absolute atomic E-state index is 0.0750. The van der Waals surface area contributed by atoms with E-state index in [0.29, 0.717) is 10.7 Å². The van der Waals surface area contributed by atoms with Crippen molar-refractivity contribution in [2.75, 3.05) is 17.3 Å². The molecular weight excluding hydrogens is 340 g/mol. The normalized spacial score (nSPS) is 19.1. The Morgan fingerprint density at radius 3 is 2.91 bits per heavy atom. The van der Waals surface area contributed by atoms with E-state index in [4.69, 9.17) is 22.1 Å². The number of hydrogen-bond donors (Lipinski definition) is 1. The smallest absolute Gasteiger partial charge is 0.323 e. The molecule has 1 aromatic carbocycles. The summed E-state index contributed by atoms with van der Waals surface area (Å²) in [7, 11) is 0. The van der Waals surface area contributed by atoms with Crippen molar-refractivity contribution in [3.8, 4) is 0 Å². The molecule has 2 N–H and O–H groups in total. The number of amides is 2. The number of anilines is 1. The summed E-state index contributed by atoms with van der Waals surface area (Å²) >= 11 is 7.09. The highest BCUT2D eigenvalue weighted by Crippen LogP contribution is 2.31. The van der Waals surface area contributed by atoms with Crippen LogP contribution in [0.25, 0.3) is 0 Å². The monoisotopic (exact) mass is 356 g/mol. The number of halogens is 1. The fourth-order valence-electron chi connectivity index (χ4n) is 2.16. The maximum atomic E-state index is 12.4. The Morgan fingerprint density at radius 2 is 2.26 bits per heavy atom. The number of nitrogens with two attached hydrogens (primary N) is 1. The average molecular weight is 357 g/mol. The molecule has 0 aliphatic carbocycles. The molecule has 0 spiro atoms. The Hall–Kier alpha value is -1.57. The van der Waals surface area contributed by atoms with Gasteiger partial charge in [-0.25, -0.2) is 4.90 Å². The fraction of sp³-hybridized carbons (Fsp3) is 0.400. The number of esters is 1. The largest absolute Gasteiger partial charge is 0.465 e. The third kappa shape index (κ3) is 4.25. The lowest BCUT2D eigenvalue weighted by Crippen LogP contribution is -2.36. The van der Waals surface area contributed by atoms with E-state index < -0.39 is 17.3 Å². The summed E-state index contributed by atoms with van der Waals surface area (Å²) in [6.45, 7) is 1.94. The van der Waals surface area contributed by atoms with Gasteiger partial charge in [-0.3, -0.25) is 14.4 Å². The van der Waals surface area contributed by atoms with E-state index in [0.717, 1.165) is 4.90 Å². The molecule has 124 valence electrons. The van der Waals surface area contributed by atoms with E-state index in [1.54, 1.807) is 31.2 Å². The standard InChI is InChI=1S/C15H17ClN2O4S/c1-2-22-15(21)11(17)8-23-12-7-13(19)18(14(12)20)10-5-3-4-9(16)6-10/h3-6,11-12H,2,7-8,17H2,1H3/t11-,12+/m1/s1.